The van der Waals surface area contributed by atoms with Gasteiger partial charge in [-0.1, -0.05) is 30.3 Å². The largest absolute Gasteiger partial charge is 0.294 e. The number of benzene rings is 2. The van der Waals surface area contributed by atoms with E-state index in [0.717, 1.165) is 16.3 Å². The van der Waals surface area contributed by atoms with Crippen molar-refractivity contribution in [1.82, 2.24) is 0 Å². The Balaban J connectivity index is 2.61. The summed E-state index contributed by atoms with van der Waals surface area (Å²) in [6, 6.07) is 11.2. The predicted octanol–water partition coefficient (Wildman–Crippen LogP) is 3.35. The van der Waals surface area contributed by atoms with Crippen molar-refractivity contribution in [2.24, 2.45) is 0 Å². The van der Waals surface area contributed by atoms with Crippen LogP contribution in [0.1, 0.15) is 22.8 Å². The van der Waals surface area contributed by atoms with Gasteiger partial charge >= 0.3 is 0 Å². The fourth-order valence-electron chi connectivity index (χ4n) is 1.90. The Kier molecular flexibility index (Phi) is 3.25. The predicted molar refractivity (Wildman–Crippen MR) is 68.5 cm³/mol. The highest BCUT2D eigenvalue weighted by Crippen LogP contribution is 2.21. The lowest BCUT2D eigenvalue weighted by atomic mass is 9.99. The minimum Gasteiger partial charge on any atom is -0.294 e. The maximum absolute atomic E-state index is 11.5. The van der Waals surface area contributed by atoms with Crippen LogP contribution in [0, 0.1) is 0 Å². The molecule has 0 aliphatic carbocycles. The van der Waals surface area contributed by atoms with Crippen LogP contribution in [0.25, 0.3) is 10.8 Å². The molecule has 0 saturated heterocycles. The number of ketones is 1. The standard InChI is InChI=1S/C14H11ClO2/c1-9(16)12-4-2-3-11-6-5-10(7-13(11)12)8-14(15)17/h2-7H,8H2,1H3. The lowest BCUT2D eigenvalue weighted by Gasteiger charge is -2.05. The molecule has 2 rings (SSSR count). The van der Waals surface area contributed by atoms with E-state index in [-0.39, 0.29) is 12.2 Å². The Morgan fingerprint density at radius 1 is 1.18 bits per heavy atom. The third-order valence-corrected chi connectivity index (χ3v) is 2.80. The molecule has 0 saturated carbocycles. The first kappa shape index (κ1) is 11.8. The van der Waals surface area contributed by atoms with Gasteiger partial charge in [0.25, 0.3) is 0 Å². The quantitative estimate of drug-likeness (QED) is 0.615. The van der Waals surface area contributed by atoms with Crippen LogP contribution >= 0.6 is 11.6 Å². The van der Waals surface area contributed by atoms with E-state index in [0.29, 0.717) is 5.56 Å². The lowest BCUT2D eigenvalue weighted by molar-refractivity contribution is -0.111. The van der Waals surface area contributed by atoms with Crippen molar-refractivity contribution in [2.75, 3.05) is 0 Å². The van der Waals surface area contributed by atoms with Gasteiger partial charge in [0.05, 0.1) is 0 Å². The second-order valence-electron chi connectivity index (χ2n) is 3.95. The average Bonchev–Trinajstić information content (AvgIpc) is 2.27. The first-order valence-corrected chi connectivity index (χ1v) is 5.66. The molecule has 0 aliphatic rings. The maximum Gasteiger partial charge on any atom is 0.226 e. The van der Waals surface area contributed by atoms with Gasteiger partial charge < -0.3 is 0 Å². The molecule has 2 nitrogen and oxygen atoms in total. The lowest BCUT2D eigenvalue weighted by Crippen LogP contribution is -1.96. The van der Waals surface area contributed by atoms with E-state index in [2.05, 4.69) is 0 Å². The monoisotopic (exact) mass is 246 g/mol. The molecular weight excluding hydrogens is 236 g/mol. The number of fused-ring (bicyclic) bond motifs is 1. The topological polar surface area (TPSA) is 34.1 Å². The van der Waals surface area contributed by atoms with Gasteiger partial charge in [0.2, 0.25) is 5.24 Å². The van der Waals surface area contributed by atoms with Gasteiger partial charge in [-0.3, -0.25) is 9.59 Å². The zero-order valence-corrected chi connectivity index (χ0v) is 10.1. The fourth-order valence-corrected chi connectivity index (χ4v) is 2.05. The minimum atomic E-state index is -0.398. The molecule has 2 aromatic rings. The summed E-state index contributed by atoms with van der Waals surface area (Å²) >= 11 is 5.36. The summed E-state index contributed by atoms with van der Waals surface area (Å²) in [5, 5.41) is 1.46. The number of Topliss-reactive ketones (excluding diaryl/α,β-unsaturated/α-hetero) is 1. The highest BCUT2D eigenvalue weighted by molar-refractivity contribution is 6.63. The molecule has 0 bridgehead atoms. The van der Waals surface area contributed by atoms with E-state index in [9.17, 15) is 9.59 Å². The summed E-state index contributed by atoms with van der Waals surface area (Å²) in [5.74, 6) is 0.0185. The Labute approximate surface area is 104 Å². The van der Waals surface area contributed by atoms with E-state index >= 15 is 0 Å². The summed E-state index contributed by atoms with van der Waals surface area (Å²) in [5.41, 5.74) is 1.50. The summed E-state index contributed by atoms with van der Waals surface area (Å²) in [6.07, 6.45) is 0.184. The van der Waals surface area contributed by atoms with Crippen molar-refractivity contribution in [1.29, 1.82) is 0 Å². The van der Waals surface area contributed by atoms with Crippen LogP contribution in [-0.4, -0.2) is 11.0 Å². The molecular formula is C14H11ClO2. The zero-order chi connectivity index (χ0) is 12.4. The van der Waals surface area contributed by atoms with Crippen LogP contribution in [0.3, 0.4) is 0 Å². The molecule has 0 atom stereocenters. The molecule has 17 heavy (non-hydrogen) atoms. The Bertz CT molecular complexity index is 602. The number of rotatable bonds is 3. The van der Waals surface area contributed by atoms with Crippen LogP contribution in [-0.2, 0) is 11.2 Å². The van der Waals surface area contributed by atoms with Crippen LogP contribution in [0.15, 0.2) is 36.4 Å². The van der Waals surface area contributed by atoms with E-state index in [4.69, 9.17) is 11.6 Å². The van der Waals surface area contributed by atoms with E-state index in [1.165, 1.54) is 6.92 Å². The van der Waals surface area contributed by atoms with Crippen LogP contribution in [0.5, 0.6) is 0 Å². The molecule has 0 fully saturated rings. The van der Waals surface area contributed by atoms with Gasteiger partial charge in [0, 0.05) is 12.0 Å². The molecule has 0 N–H and O–H groups in total. The number of hydrogen-bond donors (Lipinski definition) is 0. The fraction of sp³-hybridized carbons (Fsp3) is 0.143. The van der Waals surface area contributed by atoms with Crippen molar-refractivity contribution in [3.63, 3.8) is 0 Å². The minimum absolute atomic E-state index is 0.0185. The SMILES string of the molecule is CC(=O)c1cccc2ccc(CC(=O)Cl)cc12. The average molecular weight is 247 g/mol. The molecule has 0 radical (unpaired) electrons. The second kappa shape index (κ2) is 4.68. The molecule has 0 spiro atoms. The first-order chi connectivity index (χ1) is 8.08. The molecule has 86 valence electrons. The third-order valence-electron chi connectivity index (χ3n) is 2.67. The molecule has 0 aliphatic heterocycles. The van der Waals surface area contributed by atoms with Gasteiger partial charge in [-0.25, -0.2) is 0 Å². The highest BCUT2D eigenvalue weighted by atomic mass is 35.5. The second-order valence-corrected chi connectivity index (χ2v) is 4.37. The van der Waals surface area contributed by atoms with Gasteiger partial charge in [0.1, 0.15) is 0 Å². The van der Waals surface area contributed by atoms with Gasteiger partial charge in [-0.15, -0.1) is 0 Å². The number of halogens is 1. The summed E-state index contributed by atoms with van der Waals surface area (Å²) in [7, 11) is 0. The van der Waals surface area contributed by atoms with Gasteiger partial charge in [0.15, 0.2) is 5.78 Å². The van der Waals surface area contributed by atoms with E-state index < -0.39 is 5.24 Å². The van der Waals surface area contributed by atoms with Gasteiger partial charge in [-0.2, -0.15) is 0 Å². The Hall–Kier alpha value is -1.67. The van der Waals surface area contributed by atoms with Gasteiger partial charge in [-0.05, 0) is 40.9 Å². The van der Waals surface area contributed by atoms with Crippen molar-refractivity contribution in [2.45, 2.75) is 13.3 Å². The number of hydrogen-bond acceptors (Lipinski definition) is 2. The van der Waals surface area contributed by atoms with Crippen molar-refractivity contribution in [3.05, 3.63) is 47.5 Å². The maximum atomic E-state index is 11.5. The van der Waals surface area contributed by atoms with E-state index in [1.807, 2.05) is 30.3 Å². The summed E-state index contributed by atoms with van der Waals surface area (Å²) in [4.78, 5) is 22.4. The van der Waals surface area contributed by atoms with Crippen LogP contribution in [0.2, 0.25) is 0 Å². The number of carbonyl (C=O) groups excluding carboxylic acids is 2. The smallest absolute Gasteiger partial charge is 0.226 e. The van der Waals surface area contributed by atoms with Crippen molar-refractivity contribution in [3.8, 4) is 0 Å². The molecule has 0 aromatic heterocycles. The summed E-state index contributed by atoms with van der Waals surface area (Å²) < 4.78 is 0. The Morgan fingerprint density at radius 2 is 1.94 bits per heavy atom. The Morgan fingerprint density at radius 3 is 2.59 bits per heavy atom. The molecule has 2 aromatic carbocycles. The molecule has 3 heteroatoms. The van der Waals surface area contributed by atoms with Crippen LogP contribution in [0.4, 0.5) is 0 Å². The zero-order valence-electron chi connectivity index (χ0n) is 9.37. The van der Waals surface area contributed by atoms with Crippen molar-refractivity contribution >= 4 is 33.4 Å². The molecule has 0 unspecified atom stereocenters. The normalized spacial score (nSPS) is 10.5. The highest BCUT2D eigenvalue weighted by Gasteiger charge is 2.07. The van der Waals surface area contributed by atoms with Crippen LogP contribution < -0.4 is 0 Å². The van der Waals surface area contributed by atoms with Crippen molar-refractivity contribution < 1.29 is 9.59 Å². The first-order valence-electron chi connectivity index (χ1n) is 5.29. The molecule has 0 amide bonds. The number of carbonyl (C=O) groups is 2. The summed E-state index contributed by atoms with van der Waals surface area (Å²) in [6.45, 7) is 1.54. The molecule has 0 heterocycles. The van der Waals surface area contributed by atoms with E-state index in [1.54, 1.807) is 6.07 Å². The third kappa shape index (κ3) is 2.53.